The van der Waals surface area contributed by atoms with Gasteiger partial charge in [0.2, 0.25) is 0 Å². The molecule has 0 aromatic carbocycles. The molecule has 0 aliphatic carbocycles. The Bertz CT molecular complexity index is 305. The predicted molar refractivity (Wildman–Crippen MR) is 85.1 cm³/mol. The molecule has 3 atom stereocenters. The van der Waals surface area contributed by atoms with Gasteiger partial charge in [-0.05, 0) is 57.7 Å². The summed E-state index contributed by atoms with van der Waals surface area (Å²) >= 11 is 0. The summed E-state index contributed by atoms with van der Waals surface area (Å²) in [6.07, 6.45) is 8.62. The molecular formula is C17H33N3. The van der Waals surface area contributed by atoms with Crippen molar-refractivity contribution in [3.63, 3.8) is 0 Å². The summed E-state index contributed by atoms with van der Waals surface area (Å²) in [6, 6.07) is 2.39. The number of fused-ring (bicyclic) bond motifs is 1. The summed E-state index contributed by atoms with van der Waals surface area (Å²) < 4.78 is 0. The normalized spacial score (nSPS) is 36.5. The Morgan fingerprint density at radius 3 is 2.55 bits per heavy atom. The van der Waals surface area contributed by atoms with E-state index in [1.165, 1.54) is 71.2 Å². The van der Waals surface area contributed by atoms with Gasteiger partial charge in [0.25, 0.3) is 0 Å². The third-order valence-electron chi connectivity index (χ3n) is 5.65. The topological polar surface area (TPSA) is 18.5 Å². The second-order valence-electron chi connectivity index (χ2n) is 7.52. The third kappa shape index (κ3) is 3.37. The fourth-order valence-corrected chi connectivity index (χ4v) is 4.61. The Kier molecular flexibility index (Phi) is 5.00. The van der Waals surface area contributed by atoms with Crippen LogP contribution in [0.25, 0.3) is 0 Å². The van der Waals surface area contributed by atoms with Gasteiger partial charge in [-0.2, -0.15) is 0 Å². The Hall–Kier alpha value is -0.120. The van der Waals surface area contributed by atoms with Crippen LogP contribution < -0.4 is 5.32 Å². The van der Waals surface area contributed by atoms with Crippen LogP contribution in [-0.2, 0) is 0 Å². The summed E-state index contributed by atoms with van der Waals surface area (Å²) in [5, 5.41) is 3.65. The quantitative estimate of drug-likeness (QED) is 0.852. The minimum atomic E-state index is 0.630. The van der Waals surface area contributed by atoms with Crippen molar-refractivity contribution in [1.29, 1.82) is 0 Å². The minimum absolute atomic E-state index is 0.630. The van der Waals surface area contributed by atoms with Crippen molar-refractivity contribution >= 4 is 0 Å². The molecule has 20 heavy (non-hydrogen) atoms. The van der Waals surface area contributed by atoms with E-state index in [1.807, 2.05) is 0 Å². The van der Waals surface area contributed by atoms with Crippen LogP contribution in [-0.4, -0.2) is 60.6 Å². The zero-order valence-electron chi connectivity index (χ0n) is 13.5. The average molecular weight is 279 g/mol. The highest BCUT2D eigenvalue weighted by atomic mass is 15.3. The van der Waals surface area contributed by atoms with E-state index in [0.717, 1.165) is 18.0 Å². The van der Waals surface area contributed by atoms with E-state index in [0.29, 0.717) is 6.04 Å². The van der Waals surface area contributed by atoms with Crippen molar-refractivity contribution in [1.82, 2.24) is 15.1 Å². The van der Waals surface area contributed by atoms with Gasteiger partial charge in [-0.3, -0.25) is 9.80 Å². The molecule has 0 bridgehead atoms. The second kappa shape index (κ2) is 6.76. The molecular weight excluding hydrogens is 246 g/mol. The fraction of sp³-hybridized carbons (Fsp3) is 1.00. The molecule has 3 rings (SSSR count). The second-order valence-corrected chi connectivity index (χ2v) is 7.52. The van der Waals surface area contributed by atoms with Gasteiger partial charge in [-0.1, -0.05) is 20.3 Å². The standard InChI is InChI=1S/C17H33N3/c1-14(2)18-12-15-6-5-10-20(13-15)17-8-11-19-9-4-3-7-16(17)19/h14-18H,3-13H2,1-2H3. The number of hydrogen-bond acceptors (Lipinski definition) is 3. The van der Waals surface area contributed by atoms with Crippen molar-refractivity contribution < 1.29 is 0 Å². The molecule has 0 spiro atoms. The monoisotopic (exact) mass is 279 g/mol. The predicted octanol–water partition coefficient (Wildman–Crippen LogP) is 2.32. The molecule has 3 aliphatic heterocycles. The Labute approximate surface area is 125 Å². The largest absolute Gasteiger partial charge is 0.314 e. The van der Waals surface area contributed by atoms with Crippen LogP contribution in [0.15, 0.2) is 0 Å². The Balaban J connectivity index is 1.54. The molecule has 3 aliphatic rings. The van der Waals surface area contributed by atoms with Crippen LogP contribution in [0.4, 0.5) is 0 Å². The molecule has 0 aromatic heterocycles. The van der Waals surface area contributed by atoms with Crippen LogP contribution in [0.1, 0.15) is 52.4 Å². The van der Waals surface area contributed by atoms with Crippen LogP contribution in [0, 0.1) is 5.92 Å². The lowest BCUT2D eigenvalue weighted by atomic mass is 9.92. The zero-order valence-corrected chi connectivity index (χ0v) is 13.5. The highest BCUT2D eigenvalue weighted by Crippen LogP contribution is 2.32. The van der Waals surface area contributed by atoms with Crippen molar-refractivity contribution in [2.45, 2.75) is 70.5 Å². The third-order valence-corrected chi connectivity index (χ3v) is 5.65. The number of hydrogen-bond donors (Lipinski definition) is 1. The maximum atomic E-state index is 3.65. The molecule has 0 amide bonds. The fourth-order valence-electron chi connectivity index (χ4n) is 4.61. The Morgan fingerprint density at radius 1 is 0.900 bits per heavy atom. The molecule has 3 heterocycles. The molecule has 3 saturated heterocycles. The van der Waals surface area contributed by atoms with Gasteiger partial charge in [-0.15, -0.1) is 0 Å². The molecule has 3 fully saturated rings. The average Bonchev–Trinajstić information content (AvgIpc) is 2.89. The van der Waals surface area contributed by atoms with Crippen molar-refractivity contribution in [2.75, 3.05) is 32.7 Å². The van der Waals surface area contributed by atoms with Crippen LogP contribution in [0.5, 0.6) is 0 Å². The minimum Gasteiger partial charge on any atom is -0.314 e. The molecule has 116 valence electrons. The SMILES string of the molecule is CC(C)NCC1CCCN(C2CCN3CCCCC23)C1. The maximum Gasteiger partial charge on any atom is 0.0263 e. The van der Waals surface area contributed by atoms with Gasteiger partial charge in [0.05, 0.1) is 0 Å². The number of rotatable bonds is 4. The molecule has 3 unspecified atom stereocenters. The molecule has 1 N–H and O–H groups in total. The van der Waals surface area contributed by atoms with Gasteiger partial charge >= 0.3 is 0 Å². The number of piperidine rings is 2. The summed E-state index contributed by atoms with van der Waals surface area (Å²) in [7, 11) is 0. The summed E-state index contributed by atoms with van der Waals surface area (Å²) in [5.41, 5.74) is 0. The lowest BCUT2D eigenvalue weighted by molar-refractivity contribution is 0.0777. The molecule has 0 radical (unpaired) electrons. The summed E-state index contributed by atoms with van der Waals surface area (Å²) in [5.74, 6) is 0.879. The summed E-state index contributed by atoms with van der Waals surface area (Å²) in [6.45, 7) is 11.2. The van der Waals surface area contributed by atoms with E-state index < -0.39 is 0 Å². The first-order valence-electron chi connectivity index (χ1n) is 8.95. The highest BCUT2D eigenvalue weighted by molar-refractivity contribution is 4.96. The van der Waals surface area contributed by atoms with Crippen molar-refractivity contribution in [2.24, 2.45) is 5.92 Å². The molecule has 3 heteroatoms. The first-order chi connectivity index (χ1) is 9.74. The van der Waals surface area contributed by atoms with Crippen LogP contribution in [0.2, 0.25) is 0 Å². The number of nitrogens with zero attached hydrogens (tertiary/aromatic N) is 2. The zero-order chi connectivity index (χ0) is 13.9. The lowest BCUT2D eigenvalue weighted by Crippen LogP contribution is -2.51. The van der Waals surface area contributed by atoms with E-state index in [4.69, 9.17) is 0 Å². The molecule has 0 saturated carbocycles. The van der Waals surface area contributed by atoms with Gasteiger partial charge in [0.1, 0.15) is 0 Å². The van der Waals surface area contributed by atoms with Gasteiger partial charge < -0.3 is 5.32 Å². The van der Waals surface area contributed by atoms with E-state index >= 15 is 0 Å². The smallest absolute Gasteiger partial charge is 0.0263 e. The Morgan fingerprint density at radius 2 is 1.70 bits per heavy atom. The number of nitrogens with one attached hydrogen (secondary N) is 1. The van der Waals surface area contributed by atoms with Gasteiger partial charge in [0, 0.05) is 31.2 Å². The van der Waals surface area contributed by atoms with E-state index in [1.54, 1.807) is 0 Å². The first kappa shape index (κ1) is 14.8. The van der Waals surface area contributed by atoms with Gasteiger partial charge in [-0.25, -0.2) is 0 Å². The number of likely N-dealkylation sites (tertiary alicyclic amines) is 1. The first-order valence-corrected chi connectivity index (χ1v) is 8.95. The molecule has 3 nitrogen and oxygen atoms in total. The molecule has 0 aromatic rings. The van der Waals surface area contributed by atoms with Crippen molar-refractivity contribution in [3.05, 3.63) is 0 Å². The van der Waals surface area contributed by atoms with Gasteiger partial charge in [0.15, 0.2) is 0 Å². The summed E-state index contributed by atoms with van der Waals surface area (Å²) in [4.78, 5) is 5.64. The van der Waals surface area contributed by atoms with E-state index in [2.05, 4.69) is 29.0 Å². The lowest BCUT2D eigenvalue weighted by Gasteiger charge is -2.42. The highest BCUT2D eigenvalue weighted by Gasteiger charge is 2.39. The van der Waals surface area contributed by atoms with Crippen molar-refractivity contribution in [3.8, 4) is 0 Å². The van der Waals surface area contributed by atoms with Crippen LogP contribution in [0.3, 0.4) is 0 Å². The van der Waals surface area contributed by atoms with E-state index in [9.17, 15) is 0 Å². The maximum absolute atomic E-state index is 3.65. The van der Waals surface area contributed by atoms with Crippen LogP contribution >= 0.6 is 0 Å². The van der Waals surface area contributed by atoms with E-state index in [-0.39, 0.29) is 0 Å².